The van der Waals surface area contributed by atoms with Gasteiger partial charge in [0.05, 0.1) is 16.8 Å². The molecule has 4 heterocycles. The molecule has 224 valence electrons. The maximum absolute atomic E-state index is 13.0. The van der Waals surface area contributed by atoms with Gasteiger partial charge in [-0.2, -0.15) is 0 Å². The molecule has 2 aromatic carbocycles. The van der Waals surface area contributed by atoms with Crippen molar-refractivity contribution in [1.29, 1.82) is 0 Å². The van der Waals surface area contributed by atoms with Crippen LogP contribution in [0.25, 0.3) is 27.6 Å². The lowest BCUT2D eigenvalue weighted by Gasteiger charge is -2.35. The minimum absolute atomic E-state index is 0.615. The van der Waals surface area contributed by atoms with Crippen LogP contribution in [0, 0.1) is 20.8 Å². The minimum Gasteiger partial charge on any atom is -0.479 e. The van der Waals surface area contributed by atoms with Gasteiger partial charge >= 0.3 is 5.97 Å². The van der Waals surface area contributed by atoms with Crippen LogP contribution in [0.2, 0.25) is 0 Å². The van der Waals surface area contributed by atoms with E-state index in [4.69, 9.17) is 14.7 Å². The summed E-state index contributed by atoms with van der Waals surface area (Å²) in [6, 6.07) is 10.5. The minimum atomic E-state index is -1.16. The van der Waals surface area contributed by atoms with E-state index in [1.165, 1.54) is 5.57 Å². The molecule has 0 unspecified atom stereocenters. The Morgan fingerprint density at radius 2 is 1.70 bits per heavy atom. The number of likely N-dealkylation sites (N-methyl/N-ethyl adjacent to an activating group) is 1. The van der Waals surface area contributed by atoms with Crippen LogP contribution in [-0.4, -0.2) is 62.8 Å². The summed E-state index contributed by atoms with van der Waals surface area (Å²) in [5.41, 5.74) is 9.37. The number of aromatic nitrogens is 3. The fraction of sp³-hybridized carbons (Fsp3) is 0.400. The molecule has 0 spiro atoms. The van der Waals surface area contributed by atoms with Crippen molar-refractivity contribution in [2.75, 3.05) is 31.6 Å². The Hall–Kier alpha value is -4.01. The Kier molecular flexibility index (Phi) is 7.39. The molecule has 1 atom stereocenters. The fourth-order valence-corrected chi connectivity index (χ4v) is 6.50. The zero-order valence-corrected chi connectivity index (χ0v) is 26.2. The van der Waals surface area contributed by atoms with Crippen molar-refractivity contribution in [1.82, 2.24) is 19.4 Å². The van der Waals surface area contributed by atoms with Crippen LogP contribution in [0.15, 0.2) is 48.8 Å². The summed E-state index contributed by atoms with van der Waals surface area (Å²) in [4.78, 5) is 27.2. The number of ether oxygens (including phenoxy) is 1. The number of carboxylic acids is 1. The van der Waals surface area contributed by atoms with E-state index in [9.17, 15) is 9.90 Å². The summed E-state index contributed by atoms with van der Waals surface area (Å²) in [5.74, 6) is -0.395. The van der Waals surface area contributed by atoms with Gasteiger partial charge in [-0.05, 0) is 83.3 Å². The number of nitrogens with zero attached hydrogens (tertiary/aromatic N) is 5. The summed E-state index contributed by atoms with van der Waals surface area (Å²) in [5, 5.41) is 11.6. The molecule has 43 heavy (non-hydrogen) atoms. The van der Waals surface area contributed by atoms with E-state index in [0.29, 0.717) is 18.1 Å². The maximum Gasteiger partial charge on any atom is 0.337 e. The summed E-state index contributed by atoms with van der Waals surface area (Å²) in [6.45, 7) is 15.3. The van der Waals surface area contributed by atoms with Gasteiger partial charge in [-0.25, -0.2) is 14.8 Å². The molecule has 4 aromatic rings. The molecule has 8 nitrogen and oxygen atoms in total. The number of carbonyl (C=O) groups is 1. The first-order valence-electron chi connectivity index (χ1n) is 15.0. The average Bonchev–Trinajstić information content (AvgIpc) is 3.30. The summed E-state index contributed by atoms with van der Waals surface area (Å²) < 4.78 is 8.66. The van der Waals surface area contributed by atoms with E-state index in [1.807, 2.05) is 40.1 Å². The van der Waals surface area contributed by atoms with Gasteiger partial charge in [-0.1, -0.05) is 35.9 Å². The fourth-order valence-electron chi connectivity index (χ4n) is 6.50. The van der Waals surface area contributed by atoms with Gasteiger partial charge < -0.3 is 24.2 Å². The average molecular weight is 580 g/mol. The molecular weight excluding hydrogens is 538 g/mol. The molecule has 0 radical (unpaired) electrons. The lowest BCUT2D eigenvalue weighted by atomic mass is 9.87. The zero-order chi connectivity index (χ0) is 30.6. The molecule has 2 aliphatic heterocycles. The second-order valence-electron chi connectivity index (χ2n) is 12.9. The Labute approximate surface area is 253 Å². The van der Waals surface area contributed by atoms with Crippen LogP contribution in [0.3, 0.4) is 0 Å². The number of hydrogen-bond acceptors (Lipinski definition) is 6. The predicted octanol–water partition coefficient (Wildman–Crippen LogP) is 6.83. The number of aryl methyl sites for hydroxylation is 2. The molecule has 0 bridgehead atoms. The zero-order valence-electron chi connectivity index (χ0n) is 26.2. The van der Waals surface area contributed by atoms with Crippen molar-refractivity contribution in [2.45, 2.75) is 66.2 Å². The van der Waals surface area contributed by atoms with E-state index in [0.717, 1.165) is 76.2 Å². The molecule has 0 amide bonds. The van der Waals surface area contributed by atoms with Gasteiger partial charge in [0.25, 0.3) is 0 Å². The van der Waals surface area contributed by atoms with Crippen molar-refractivity contribution in [2.24, 2.45) is 0 Å². The van der Waals surface area contributed by atoms with Crippen molar-refractivity contribution in [3.05, 3.63) is 76.7 Å². The third-order valence-electron chi connectivity index (χ3n) is 8.60. The third kappa shape index (κ3) is 5.34. The topological polar surface area (TPSA) is 83.7 Å². The summed E-state index contributed by atoms with van der Waals surface area (Å²) in [7, 11) is 2.13. The van der Waals surface area contributed by atoms with Crippen molar-refractivity contribution < 1.29 is 14.6 Å². The maximum atomic E-state index is 13.0. The van der Waals surface area contributed by atoms with Crippen molar-refractivity contribution in [3.8, 4) is 11.1 Å². The van der Waals surface area contributed by atoms with Gasteiger partial charge in [-0.3, -0.25) is 0 Å². The van der Waals surface area contributed by atoms with Crippen LogP contribution >= 0.6 is 0 Å². The molecule has 2 aromatic heterocycles. The van der Waals surface area contributed by atoms with E-state index < -0.39 is 17.7 Å². The highest BCUT2D eigenvalue weighted by atomic mass is 16.5. The second kappa shape index (κ2) is 10.9. The van der Waals surface area contributed by atoms with E-state index >= 15 is 0 Å². The quantitative estimate of drug-likeness (QED) is 0.268. The third-order valence-corrected chi connectivity index (χ3v) is 8.60. The smallest absolute Gasteiger partial charge is 0.337 e. The Balaban J connectivity index is 1.58. The van der Waals surface area contributed by atoms with E-state index in [1.54, 1.807) is 0 Å². The van der Waals surface area contributed by atoms with Gasteiger partial charge in [0, 0.05) is 60.8 Å². The summed E-state index contributed by atoms with van der Waals surface area (Å²) in [6.07, 6.45) is 5.92. The number of benzene rings is 2. The van der Waals surface area contributed by atoms with Crippen LogP contribution in [0.5, 0.6) is 0 Å². The molecule has 0 aliphatic carbocycles. The molecule has 2 aliphatic rings. The predicted molar refractivity (Wildman–Crippen MR) is 172 cm³/mol. The van der Waals surface area contributed by atoms with Crippen LogP contribution in [0.4, 0.5) is 11.6 Å². The normalized spacial score (nSPS) is 16.4. The molecule has 0 fully saturated rings. The first-order chi connectivity index (χ1) is 20.4. The SMILES string of the molecule is Cc1ccc(-c2c([C@H](OC(C)(C)C)C(=O)O)c(C)c3c4c2cc(C)n4CCN3c2ncc(C3=CCN(C)CC3)cn2)cc1. The number of carboxylic acid groups (broad SMARTS) is 1. The monoisotopic (exact) mass is 579 g/mol. The number of hydrogen-bond donors (Lipinski definition) is 1. The van der Waals surface area contributed by atoms with Crippen LogP contribution in [-0.2, 0) is 16.1 Å². The highest BCUT2D eigenvalue weighted by Crippen LogP contribution is 2.49. The van der Waals surface area contributed by atoms with E-state index in [-0.39, 0.29) is 0 Å². The Morgan fingerprint density at radius 3 is 2.30 bits per heavy atom. The molecule has 0 saturated carbocycles. The Bertz CT molecular complexity index is 1730. The molecule has 0 saturated heterocycles. The van der Waals surface area contributed by atoms with Gasteiger partial charge in [0.2, 0.25) is 5.95 Å². The standard InChI is InChI=1S/C35H41N5O3/c1-21-8-10-25(11-9-21)29-27-18-22(2)39-16-17-40(34-36-19-26(20-37-34)24-12-14-38(7)15-13-24)30(31(27)39)23(3)28(29)32(33(41)42)43-35(4,5)6/h8-12,18-20,32H,13-17H2,1-7H3,(H,41,42)/t32-/m0/s1. The molecule has 1 N–H and O–H groups in total. The van der Waals surface area contributed by atoms with Gasteiger partial charge in [-0.15, -0.1) is 0 Å². The van der Waals surface area contributed by atoms with Gasteiger partial charge in [0.1, 0.15) is 0 Å². The van der Waals surface area contributed by atoms with E-state index in [2.05, 4.69) is 71.7 Å². The van der Waals surface area contributed by atoms with Crippen molar-refractivity contribution in [3.63, 3.8) is 0 Å². The second-order valence-corrected chi connectivity index (χ2v) is 12.9. The van der Waals surface area contributed by atoms with Crippen LogP contribution < -0.4 is 4.90 Å². The largest absolute Gasteiger partial charge is 0.479 e. The first-order valence-corrected chi connectivity index (χ1v) is 15.0. The lowest BCUT2D eigenvalue weighted by molar-refractivity contribution is -0.160. The molecular formula is C35H41N5O3. The number of aliphatic carboxylic acids is 1. The van der Waals surface area contributed by atoms with Gasteiger partial charge in [0.15, 0.2) is 6.10 Å². The number of anilines is 2. The molecule has 8 heteroatoms. The summed E-state index contributed by atoms with van der Waals surface area (Å²) >= 11 is 0. The number of rotatable bonds is 6. The Morgan fingerprint density at radius 1 is 1.00 bits per heavy atom. The van der Waals surface area contributed by atoms with Crippen molar-refractivity contribution >= 4 is 34.1 Å². The van der Waals surface area contributed by atoms with Crippen LogP contribution in [0.1, 0.15) is 61.2 Å². The highest BCUT2D eigenvalue weighted by Gasteiger charge is 2.36. The first kappa shape index (κ1) is 29.1. The lowest BCUT2D eigenvalue weighted by Crippen LogP contribution is -2.32. The molecule has 6 rings (SSSR count). The highest BCUT2D eigenvalue weighted by molar-refractivity contribution is 6.08.